The number of hydrogen-bond donors (Lipinski definition) is 20. The number of ether oxygens (including phenoxy) is 8. The van der Waals surface area contributed by atoms with Gasteiger partial charge in [0.05, 0.1) is 53.5 Å². The Kier molecular flexibility index (Phi) is 29.3. The highest BCUT2D eigenvalue weighted by Gasteiger charge is 2.53. The number of carbonyl (C=O) groups is 8. The van der Waals surface area contributed by atoms with Crippen LogP contribution < -0.4 is 73.5 Å². The van der Waals surface area contributed by atoms with E-state index in [1.807, 2.05) is 68.4 Å². The molecule has 0 spiro atoms. The van der Waals surface area contributed by atoms with Gasteiger partial charge in [0.25, 0.3) is 0 Å². The van der Waals surface area contributed by atoms with E-state index < -0.39 is 250 Å². The molecule has 11 bridgehead atoms. The van der Waals surface area contributed by atoms with E-state index in [2.05, 4.69) is 47.9 Å². The van der Waals surface area contributed by atoms with Crippen molar-refractivity contribution >= 4 is 70.5 Å². The molecule has 8 aromatic rings. The summed E-state index contributed by atoms with van der Waals surface area (Å²) in [4.78, 5) is 124. The topological polar surface area (TPSA) is 553 Å². The number of hydrogen-bond acceptors (Lipinski definition) is 28. The second-order valence-corrected chi connectivity index (χ2v) is 35.3. The number of carbonyl (C=O) groups excluding carboxylic acids is 8. The third-order valence-corrected chi connectivity index (χ3v) is 24.8. The number of halogens is 2. The monoisotopic (exact) mass is 1850 g/mol. The minimum atomic E-state index is -2.39. The first-order valence-corrected chi connectivity index (χ1v) is 43.4. The van der Waals surface area contributed by atoms with Crippen LogP contribution in [0.2, 0.25) is 10.0 Å². The standard InChI is InChI=1S/C93H105Cl2N11O25/c1-42(2)28-58(98-7)84(117)105-74-76(112)50-23-26-62(56(94)30-50)126-64-32-52-33-65(80(64)131-91-81(78(114)77(113)66(41-107)128-91)130-69-38-93(6,83(116)44(4)125-69)100-40-46-18-20-48(21-19-46)47-16-12-9-13-17-47)127-63-27-24-51(31-57(63)95)79(129-68-37-92(5,97)82(115)43(3)124-68)75-90(123)104-73(86(119)99-39-45-14-10-8-11-15-45)55-34-53(108)35-61(110)70(55)54-29-49(22-25-60(54)109)71(87(120)106-75)103-88(121)72(52)102-85(118)59(36-67(96)111)101-89(74)122/h8-27,29-35,42-44,58-59,66,68-69,71-79,81-83,91,98,100,107-110,112-116H,28,36-41,97H2,1-7H3,(H2,96,111)(H,99,119)(H,101,122)(H,102,118)(H,103,121)(H,104,123)(H,105,117)(H,106,120)/t43-,44-,58+,59-,66+,68-,69-,71+,72+,73-,74+,75-,76+,77+,78-,79+,81+,82-,83-,91-,92-,93-/m0/s1. The number of aliphatic hydroxyl groups is 6. The number of amides is 8. The maximum Gasteiger partial charge on any atom is 0.248 e. The van der Waals surface area contributed by atoms with Crippen LogP contribution in [0.1, 0.15) is 137 Å². The van der Waals surface area contributed by atoms with Crippen molar-refractivity contribution in [3.8, 4) is 68.2 Å². The second-order valence-electron chi connectivity index (χ2n) is 34.4. The Labute approximate surface area is 762 Å². The van der Waals surface area contributed by atoms with E-state index in [-0.39, 0.29) is 77.0 Å². The Morgan fingerprint density at radius 2 is 1.20 bits per heavy atom. The van der Waals surface area contributed by atoms with Crippen LogP contribution in [-0.4, -0.2) is 210 Å². The third kappa shape index (κ3) is 21.3. The lowest BCUT2D eigenvalue weighted by Crippen LogP contribution is -2.65. The molecule has 16 rings (SSSR count). The molecule has 0 radical (unpaired) electrons. The number of phenolic OH excluding ortho intramolecular Hbond substituents is 3. The third-order valence-electron chi connectivity index (χ3n) is 24.2. The molecule has 3 fully saturated rings. The molecule has 0 aliphatic carbocycles. The van der Waals surface area contributed by atoms with Gasteiger partial charge in [-0.2, -0.15) is 0 Å². The molecule has 3 saturated heterocycles. The van der Waals surface area contributed by atoms with Gasteiger partial charge in [-0.05, 0) is 152 Å². The molecule has 696 valence electrons. The number of aromatic hydroxyl groups is 3. The van der Waals surface area contributed by atoms with Gasteiger partial charge in [0, 0.05) is 54.2 Å². The van der Waals surface area contributed by atoms with Gasteiger partial charge in [0.1, 0.15) is 95.5 Å². The number of nitrogens with two attached hydrogens (primary N) is 2. The van der Waals surface area contributed by atoms with E-state index in [9.17, 15) is 55.5 Å². The van der Waals surface area contributed by atoms with Gasteiger partial charge in [-0.15, -0.1) is 0 Å². The molecule has 22 N–H and O–H groups in total. The zero-order valence-electron chi connectivity index (χ0n) is 72.1. The maximum absolute atomic E-state index is 16.7. The first-order chi connectivity index (χ1) is 62.4. The molecule has 8 heterocycles. The van der Waals surface area contributed by atoms with Crippen molar-refractivity contribution in [2.45, 2.75) is 214 Å². The summed E-state index contributed by atoms with van der Waals surface area (Å²) < 4.78 is 53.4. The van der Waals surface area contributed by atoms with Gasteiger partial charge in [-0.1, -0.05) is 140 Å². The SMILES string of the molecule is CN[C@H](CC(C)C)C(=O)N[C@H]1C(=O)N[C@@H](CC(N)=O)C(=O)N[C@H]2C(=O)N[C@H]3C(=O)N[C@H](C(=O)N[C@H](C(=O)NCc4ccccc4)c4cc(O)cc(O)c4-c4cc3ccc4O)[C@H](O[C@H]3C[C@](C)(N)[C@@H](O)[C@H](C)O3)c3ccc(c(Cl)c3)Oc3cc2cc(c3O[C@@H]2O[C@H](CO)[C@@H](O)[C@H](O)[C@H]2O[C@H]2C[C@](C)(NCc3ccc(-c4ccccc4)cc3)[C@@H](O)[C@H](C)O2)Oc2ccc(cc2Cl)[C@H]1O. The lowest BCUT2D eigenvalue weighted by Gasteiger charge is -2.48. The number of phenols is 3. The normalized spacial score (nSPS) is 28.9. The van der Waals surface area contributed by atoms with Gasteiger partial charge in [-0.25, -0.2) is 0 Å². The molecule has 131 heavy (non-hydrogen) atoms. The molecule has 8 aliphatic rings. The first-order valence-electron chi connectivity index (χ1n) is 42.6. The molecule has 0 unspecified atom stereocenters. The highest BCUT2D eigenvalue weighted by Crippen LogP contribution is 2.51. The van der Waals surface area contributed by atoms with Gasteiger partial charge < -0.3 is 143 Å². The van der Waals surface area contributed by atoms with Crippen molar-refractivity contribution in [3.05, 3.63) is 213 Å². The van der Waals surface area contributed by atoms with Crippen LogP contribution in [0.25, 0.3) is 22.3 Å². The van der Waals surface area contributed by atoms with E-state index in [0.717, 1.165) is 65.2 Å². The fraction of sp³-hybridized carbons (Fsp3) is 0.398. The molecule has 36 nitrogen and oxygen atoms in total. The predicted molar refractivity (Wildman–Crippen MR) is 471 cm³/mol. The largest absolute Gasteiger partial charge is 0.508 e. The van der Waals surface area contributed by atoms with E-state index >= 15 is 28.8 Å². The number of rotatable bonds is 21. The van der Waals surface area contributed by atoms with Gasteiger partial charge in [0.2, 0.25) is 59.3 Å². The molecule has 0 saturated carbocycles. The van der Waals surface area contributed by atoms with Crippen LogP contribution in [0.15, 0.2) is 164 Å². The summed E-state index contributed by atoms with van der Waals surface area (Å²) in [6.45, 7) is 9.03. The van der Waals surface area contributed by atoms with Crippen molar-refractivity contribution in [1.82, 2.24) is 47.9 Å². The summed E-state index contributed by atoms with van der Waals surface area (Å²) in [6.07, 6.45) is -22.7. The quantitative estimate of drug-likeness (QED) is 0.0446. The van der Waals surface area contributed by atoms with Gasteiger partial charge in [0.15, 0.2) is 30.2 Å². The molecular formula is C93H105Cl2N11O25. The van der Waals surface area contributed by atoms with Gasteiger partial charge in [-0.3, -0.25) is 38.4 Å². The molecule has 22 atom stereocenters. The summed E-state index contributed by atoms with van der Waals surface area (Å²) in [6, 6.07) is 26.7. The number of benzene rings is 8. The van der Waals surface area contributed by atoms with Crippen LogP contribution in [0.4, 0.5) is 0 Å². The fourth-order valence-corrected chi connectivity index (χ4v) is 17.5. The Hall–Kier alpha value is -11.7. The molecular weight excluding hydrogens is 1740 g/mol. The first kappa shape index (κ1) is 95.4. The average molecular weight is 1850 g/mol. The molecule has 8 aromatic carbocycles. The van der Waals surface area contributed by atoms with Crippen LogP contribution in [0.5, 0.6) is 46.0 Å². The van der Waals surface area contributed by atoms with Crippen LogP contribution in [0.3, 0.4) is 0 Å². The molecule has 8 aliphatic heterocycles. The lowest BCUT2D eigenvalue weighted by atomic mass is 9.84. The van der Waals surface area contributed by atoms with Crippen molar-refractivity contribution < 1.29 is 122 Å². The van der Waals surface area contributed by atoms with Crippen LogP contribution >= 0.6 is 23.2 Å². The van der Waals surface area contributed by atoms with Crippen molar-refractivity contribution in [2.75, 3.05) is 13.7 Å². The Morgan fingerprint density at radius 3 is 1.83 bits per heavy atom. The smallest absolute Gasteiger partial charge is 0.248 e. The minimum Gasteiger partial charge on any atom is -0.508 e. The molecule has 8 amide bonds. The van der Waals surface area contributed by atoms with Crippen molar-refractivity contribution in [2.24, 2.45) is 17.4 Å². The van der Waals surface area contributed by atoms with Crippen LogP contribution in [0, 0.1) is 5.92 Å². The van der Waals surface area contributed by atoms with Crippen molar-refractivity contribution in [1.29, 1.82) is 0 Å². The second kappa shape index (κ2) is 40.2. The minimum absolute atomic E-state index is 0.113. The van der Waals surface area contributed by atoms with E-state index in [1.54, 1.807) is 44.2 Å². The fourth-order valence-electron chi connectivity index (χ4n) is 17.1. The lowest BCUT2D eigenvalue weighted by molar-refractivity contribution is -0.334. The summed E-state index contributed by atoms with van der Waals surface area (Å²) in [5.41, 5.74) is 11.0. The van der Waals surface area contributed by atoms with E-state index in [0.29, 0.717) is 5.56 Å². The number of likely N-dealkylation sites (N-methyl/N-ethyl adjacent to an activating group) is 1. The Bertz CT molecular complexity index is 5580. The summed E-state index contributed by atoms with van der Waals surface area (Å²) in [7, 11) is 1.49. The molecule has 38 heteroatoms. The Morgan fingerprint density at radius 1 is 0.603 bits per heavy atom. The number of primary amides is 1. The zero-order chi connectivity index (χ0) is 93.9. The van der Waals surface area contributed by atoms with Crippen LogP contribution in [-0.2, 0) is 75.1 Å². The van der Waals surface area contributed by atoms with Crippen molar-refractivity contribution in [3.63, 3.8) is 0 Å². The molecule has 0 aromatic heterocycles. The number of fused-ring (bicyclic) bond motifs is 15. The highest BCUT2D eigenvalue weighted by molar-refractivity contribution is 6.32. The average Bonchev–Trinajstić information content (AvgIpc) is 0.763. The number of aliphatic hydroxyl groups excluding tert-OH is 6. The summed E-state index contributed by atoms with van der Waals surface area (Å²) in [5, 5.41) is 131. The summed E-state index contributed by atoms with van der Waals surface area (Å²) >= 11 is 14.8. The maximum atomic E-state index is 16.7. The summed E-state index contributed by atoms with van der Waals surface area (Å²) in [5.74, 6) is -14.7. The van der Waals surface area contributed by atoms with Gasteiger partial charge >= 0.3 is 0 Å². The number of nitrogens with one attached hydrogen (secondary N) is 9. The predicted octanol–water partition coefficient (Wildman–Crippen LogP) is 5.07. The highest BCUT2D eigenvalue weighted by atomic mass is 35.5. The van der Waals surface area contributed by atoms with E-state index in [4.69, 9.17) is 72.6 Å². The Balaban J connectivity index is 0.973. The zero-order valence-corrected chi connectivity index (χ0v) is 73.6. The van der Waals surface area contributed by atoms with E-state index in [1.165, 1.54) is 51.2 Å².